The van der Waals surface area contributed by atoms with Gasteiger partial charge >= 0.3 is 0 Å². The van der Waals surface area contributed by atoms with Crippen LogP contribution >= 0.6 is 0 Å². The van der Waals surface area contributed by atoms with E-state index in [1.165, 1.54) is 99.2 Å². The molecule has 4 nitrogen and oxygen atoms in total. The lowest BCUT2D eigenvalue weighted by molar-refractivity contribution is -0.227. The summed E-state index contributed by atoms with van der Waals surface area (Å²) in [6.07, 6.45) is 0.161. The maximum absolute atomic E-state index is 7.33. The maximum Gasteiger partial charge on any atom is 0.145 e. The largest absolute Gasteiger partial charge is 0.353 e. The Kier molecular flexibility index (Phi) is 6.58. The van der Waals surface area contributed by atoms with Crippen molar-refractivity contribution in [2.45, 2.75) is 128 Å². The van der Waals surface area contributed by atoms with Crippen molar-refractivity contribution < 1.29 is 4.74 Å². The minimum atomic E-state index is -0.516. The van der Waals surface area contributed by atoms with E-state index < -0.39 is 5.72 Å². The number of nitrogens with zero attached hydrogens (tertiary/aromatic N) is 2. The minimum absolute atomic E-state index is 0.161. The first-order valence-corrected chi connectivity index (χ1v) is 17.4. The number of aryl methyl sites for hydroxylation is 4. The van der Waals surface area contributed by atoms with Crippen LogP contribution in [0.3, 0.4) is 0 Å². The molecule has 0 spiro atoms. The second-order valence-corrected chi connectivity index (χ2v) is 15.6. The van der Waals surface area contributed by atoms with Gasteiger partial charge in [0.25, 0.3) is 0 Å². The summed E-state index contributed by atoms with van der Waals surface area (Å²) in [4.78, 5) is 6.74. The normalized spacial score (nSPS) is 29.2. The van der Waals surface area contributed by atoms with Crippen LogP contribution in [0.15, 0.2) is 0 Å². The third-order valence-corrected chi connectivity index (χ3v) is 14.2. The van der Waals surface area contributed by atoms with Crippen molar-refractivity contribution in [3.8, 4) is 0 Å². The standard InChI is InChI=1S/C41H55N3O/c1-17-19(3)25(9)37-31(23(17)7)35-33-28(12)43(16)29(13)34(33)36-32-24(8)18(2)20(4)26(10)39(32)44(40(36)38(35)42-37)41(15)27(11)21(5)22(6)30(14)45-41/h21-22,27-30,42H,1-16H3. The van der Waals surface area contributed by atoms with E-state index in [-0.39, 0.29) is 6.10 Å². The summed E-state index contributed by atoms with van der Waals surface area (Å²) >= 11 is 0. The van der Waals surface area contributed by atoms with E-state index in [0.29, 0.717) is 29.8 Å². The number of benzene rings is 3. The van der Waals surface area contributed by atoms with E-state index in [9.17, 15) is 0 Å². The Morgan fingerprint density at radius 1 is 0.556 bits per heavy atom. The zero-order chi connectivity index (χ0) is 32.9. The third-order valence-electron chi connectivity index (χ3n) is 14.2. The van der Waals surface area contributed by atoms with Crippen molar-refractivity contribution >= 4 is 43.6 Å². The number of aromatic amines is 1. The number of hydrogen-bond donors (Lipinski definition) is 1. The molecule has 0 aliphatic carbocycles. The van der Waals surface area contributed by atoms with Gasteiger partial charge < -0.3 is 14.3 Å². The van der Waals surface area contributed by atoms with Gasteiger partial charge in [0, 0.05) is 39.5 Å². The first kappa shape index (κ1) is 30.8. The number of fused-ring (bicyclic) bond motifs is 10. The Morgan fingerprint density at radius 2 is 1.07 bits per heavy atom. The molecular weight excluding hydrogens is 550 g/mol. The van der Waals surface area contributed by atoms with Gasteiger partial charge in [0.1, 0.15) is 5.72 Å². The molecule has 7 atom stereocenters. The monoisotopic (exact) mass is 605 g/mol. The zero-order valence-electron chi connectivity index (χ0n) is 30.8. The van der Waals surface area contributed by atoms with Crippen molar-refractivity contribution in [3.63, 3.8) is 0 Å². The number of nitrogens with one attached hydrogen (secondary N) is 1. The highest BCUT2D eigenvalue weighted by atomic mass is 16.5. The molecule has 0 saturated carbocycles. The molecule has 0 amide bonds. The molecule has 4 heterocycles. The van der Waals surface area contributed by atoms with E-state index in [1.54, 1.807) is 0 Å². The molecule has 1 N–H and O–H groups in total. The van der Waals surface area contributed by atoms with Crippen molar-refractivity contribution in [3.05, 3.63) is 55.6 Å². The Labute approximate surface area is 270 Å². The highest BCUT2D eigenvalue weighted by molar-refractivity contribution is 6.27. The lowest BCUT2D eigenvalue weighted by Crippen LogP contribution is -2.52. The van der Waals surface area contributed by atoms with Gasteiger partial charge in [-0.3, -0.25) is 4.90 Å². The number of hydrogen-bond acceptors (Lipinski definition) is 2. The molecule has 2 aromatic heterocycles. The molecule has 1 fully saturated rings. The molecule has 2 aliphatic rings. The molecule has 2 aliphatic heterocycles. The third kappa shape index (κ3) is 3.51. The smallest absolute Gasteiger partial charge is 0.145 e. The predicted octanol–water partition coefficient (Wildman–Crippen LogP) is 11.0. The lowest BCUT2D eigenvalue weighted by Gasteiger charge is -2.50. The molecule has 0 bridgehead atoms. The van der Waals surface area contributed by atoms with Gasteiger partial charge in [-0.1, -0.05) is 20.8 Å². The summed E-state index contributed by atoms with van der Waals surface area (Å²) in [5.41, 5.74) is 18.9. The summed E-state index contributed by atoms with van der Waals surface area (Å²) in [7, 11) is 2.32. The van der Waals surface area contributed by atoms with E-state index in [4.69, 9.17) is 4.74 Å². The van der Waals surface area contributed by atoms with Crippen LogP contribution in [0, 0.1) is 73.1 Å². The summed E-state index contributed by atoms with van der Waals surface area (Å²) in [6.45, 7) is 35.4. The predicted molar refractivity (Wildman–Crippen MR) is 193 cm³/mol. The molecule has 7 unspecified atom stereocenters. The van der Waals surface area contributed by atoms with Crippen LogP contribution in [0.25, 0.3) is 43.6 Å². The van der Waals surface area contributed by atoms with Crippen LogP contribution in [0.4, 0.5) is 0 Å². The van der Waals surface area contributed by atoms with Gasteiger partial charge in [0.2, 0.25) is 0 Å². The average Bonchev–Trinajstić information content (AvgIpc) is 3.64. The maximum atomic E-state index is 7.33. The first-order chi connectivity index (χ1) is 21.0. The summed E-state index contributed by atoms with van der Waals surface area (Å²) < 4.78 is 10.0. The molecule has 7 rings (SSSR count). The van der Waals surface area contributed by atoms with Crippen molar-refractivity contribution in [2.75, 3.05) is 7.05 Å². The molecule has 3 aromatic carbocycles. The summed E-state index contributed by atoms with van der Waals surface area (Å²) in [5, 5.41) is 5.70. The Balaban J connectivity index is 1.87. The van der Waals surface area contributed by atoms with E-state index in [1.807, 2.05) is 0 Å². The SMILES string of the molecule is Cc1c(C)c(C)c2c([nH]c3c2c2c(c4c5c(C)c(C)c(C)c(C)c5n(C5(C)OC(C)C(C)C(C)C5C)c34)C(C)N(C)C2C)c1C. The molecule has 45 heavy (non-hydrogen) atoms. The van der Waals surface area contributed by atoms with E-state index in [0.717, 1.165) is 0 Å². The van der Waals surface area contributed by atoms with Crippen molar-refractivity contribution in [2.24, 2.45) is 17.8 Å². The molecule has 240 valence electrons. The van der Waals surface area contributed by atoms with Gasteiger partial charge in [-0.05, 0) is 158 Å². The fraction of sp³-hybridized carbons (Fsp3) is 0.561. The Bertz CT molecular complexity index is 2110. The van der Waals surface area contributed by atoms with Gasteiger partial charge in [-0.15, -0.1) is 0 Å². The molecule has 1 saturated heterocycles. The summed E-state index contributed by atoms with van der Waals surface area (Å²) in [6, 6.07) is 0.616. The van der Waals surface area contributed by atoms with Gasteiger partial charge in [0.05, 0.1) is 28.2 Å². The number of rotatable bonds is 1. The van der Waals surface area contributed by atoms with Crippen molar-refractivity contribution in [1.82, 2.24) is 14.5 Å². The topological polar surface area (TPSA) is 33.2 Å². The molecule has 5 aromatic rings. The van der Waals surface area contributed by atoms with Crippen molar-refractivity contribution in [1.29, 1.82) is 0 Å². The number of aromatic nitrogens is 2. The number of ether oxygens (including phenoxy) is 1. The molecule has 4 heteroatoms. The quantitative estimate of drug-likeness (QED) is 0.206. The Hall–Kier alpha value is -2.82. The minimum Gasteiger partial charge on any atom is -0.353 e. The fourth-order valence-corrected chi connectivity index (χ4v) is 9.80. The highest BCUT2D eigenvalue weighted by Crippen LogP contribution is 2.57. The van der Waals surface area contributed by atoms with Crippen LogP contribution in [-0.4, -0.2) is 27.6 Å². The summed E-state index contributed by atoms with van der Waals surface area (Å²) in [5.74, 6) is 1.34. The first-order valence-electron chi connectivity index (χ1n) is 17.4. The van der Waals surface area contributed by atoms with Crippen LogP contribution in [0.2, 0.25) is 0 Å². The average molecular weight is 606 g/mol. The lowest BCUT2D eigenvalue weighted by atomic mass is 9.74. The zero-order valence-corrected chi connectivity index (χ0v) is 30.8. The number of H-pyrrole nitrogens is 1. The van der Waals surface area contributed by atoms with Crippen LogP contribution in [-0.2, 0) is 10.5 Å². The molecule has 0 radical (unpaired) electrons. The second-order valence-electron chi connectivity index (χ2n) is 15.6. The molecular formula is C41H55N3O. The van der Waals surface area contributed by atoms with Crippen LogP contribution < -0.4 is 0 Å². The highest BCUT2D eigenvalue weighted by Gasteiger charge is 2.49. The van der Waals surface area contributed by atoms with Gasteiger partial charge in [0.15, 0.2) is 0 Å². The van der Waals surface area contributed by atoms with E-state index in [2.05, 4.69) is 125 Å². The van der Waals surface area contributed by atoms with Gasteiger partial charge in [-0.2, -0.15) is 0 Å². The fourth-order valence-electron chi connectivity index (χ4n) is 9.80. The Morgan fingerprint density at radius 3 is 1.67 bits per heavy atom. The van der Waals surface area contributed by atoms with Crippen LogP contribution in [0.1, 0.15) is 116 Å². The van der Waals surface area contributed by atoms with E-state index >= 15 is 0 Å². The van der Waals surface area contributed by atoms with Gasteiger partial charge in [-0.25, -0.2) is 0 Å². The second kappa shape index (κ2) is 9.61. The van der Waals surface area contributed by atoms with Crippen LogP contribution in [0.5, 0.6) is 0 Å².